The number of nitrogens with zero attached hydrogens (tertiary/aromatic N) is 2. The zero-order valence-corrected chi connectivity index (χ0v) is 12.7. The molecular weight excluding hydrogens is 306 g/mol. The fourth-order valence-corrected chi connectivity index (χ4v) is 2.81. The van der Waals surface area contributed by atoms with Crippen LogP contribution >= 0.6 is 0 Å². The molecule has 22 heavy (non-hydrogen) atoms. The fourth-order valence-electron chi connectivity index (χ4n) is 2.15. The van der Waals surface area contributed by atoms with Gasteiger partial charge in [0.2, 0.25) is 6.41 Å². The monoisotopic (exact) mass is 323 g/mol. The van der Waals surface area contributed by atoms with Crippen LogP contribution in [0.25, 0.3) is 10.9 Å². The van der Waals surface area contributed by atoms with Crippen molar-refractivity contribution in [1.29, 1.82) is 0 Å². The Morgan fingerprint density at radius 1 is 1.18 bits per heavy atom. The van der Waals surface area contributed by atoms with Crippen LogP contribution in [0.1, 0.15) is 0 Å². The number of carbonyl (C=O) groups excluding carboxylic acids is 1. The minimum atomic E-state index is -4.44. The Kier molecular flexibility index (Phi) is 5.42. The Labute approximate surface area is 128 Å². The predicted molar refractivity (Wildman–Crippen MR) is 79.0 cm³/mol. The lowest BCUT2D eigenvalue weighted by Crippen LogP contribution is -2.89. The topological polar surface area (TPSA) is 107 Å². The van der Waals surface area contributed by atoms with E-state index in [2.05, 4.69) is 10.3 Å². The summed E-state index contributed by atoms with van der Waals surface area (Å²) in [4.78, 5) is 15.5. The minimum absolute atomic E-state index is 0.227. The second-order valence-corrected chi connectivity index (χ2v) is 6.14. The first kappa shape index (κ1) is 16.3. The number of quaternary nitrogens is 1. The maximum atomic E-state index is 10.9. The van der Waals surface area contributed by atoms with Gasteiger partial charge < -0.3 is 14.8 Å². The molecule has 1 aliphatic heterocycles. The van der Waals surface area contributed by atoms with Crippen molar-refractivity contribution in [2.24, 2.45) is 0 Å². The van der Waals surface area contributed by atoms with E-state index in [9.17, 15) is 17.8 Å². The average Bonchev–Trinajstić information content (AvgIpc) is 2.55. The molecule has 1 saturated heterocycles. The van der Waals surface area contributed by atoms with Crippen LogP contribution in [0.4, 0.5) is 0 Å². The number of para-hydroxylation sites is 1. The highest BCUT2D eigenvalue weighted by Gasteiger charge is 2.07. The molecule has 2 aromatic rings. The third kappa shape index (κ3) is 4.23. The van der Waals surface area contributed by atoms with E-state index in [0.29, 0.717) is 5.39 Å². The van der Waals surface area contributed by atoms with Crippen LogP contribution < -0.4 is 5.32 Å². The molecule has 1 fully saturated rings. The normalized spacial score (nSPS) is 15.0. The van der Waals surface area contributed by atoms with Crippen LogP contribution in [0.2, 0.25) is 0 Å². The summed E-state index contributed by atoms with van der Waals surface area (Å²) < 4.78 is 32.6. The second kappa shape index (κ2) is 7.30. The van der Waals surface area contributed by atoms with E-state index in [4.69, 9.17) is 0 Å². The molecule has 0 saturated carbocycles. The van der Waals surface area contributed by atoms with E-state index < -0.39 is 10.1 Å². The number of pyridine rings is 1. The molecule has 0 aliphatic carbocycles. The van der Waals surface area contributed by atoms with Gasteiger partial charge in [-0.3, -0.25) is 9.78 Å². The molecule has 1 aromatic carbocycles. The van der Waals surface area contributed by atoms with Crippen molar-refractivity contribution in [1.82, 2.24) is 9.88 Å². The van der Waals surface area contributed by atoms with Crippen LogP contribution in [-0.2, 0) is 14.9 Å². The van der Waals surface area contributed by atoms with Crippen LogP contribution in [0, 0.1) is 0 Å². The van der Waals surface area contributed by atoms with Gasteiger partial charge in [-0.25, -0.2) is 8.42 Å². The molecule has 0 radical (unpaired) electrons. The van der Waals surface area contributed by atoms with Gasteiger partial charge >= 0.3 is 0 Å². The molecule has 3 rings (SSSR count). The van der Waals surface area contributed by atoms with Crippen molar-refractivity contribution in [3.05, 3.63) is 36.5 Å². The number of aromatic nitrogens is 1. The van der Waals surface area contributed by atoms with Gasteiger partial charge in [-0.1, -0.05) is 18.2 Å². The summed E-state index contributed by atoms with van der Waals surface area (Å²) in [5, 5.41) is 2.87. The number of fused-ring (bicyclic) bond motifs is 1. The summed E-state index contributed by atoms with van der Waals surface area (Å²) in [5.74, 6) is 0. The van der Waals surface area contributed by atoms with E-state index >= 15 is 0 Å². The predicted octanol–water partition coefficient (Wildman–Crippen LogP) is -0.839. The molecule has 2 N–H and O–H groups in total. The third-order valence-electron chi connectivity index (χ3n) is 3.25. The van der Waals surface area contributed by atoms with Crippen molar-refractivity contribution in [3.8, 4) is 0 Å². The summed E-state index contributed by atoms with van der Waals surface area (Å²) in [6, 6.07) is 7.88. The number of nitrogens with two attached hydrogens (primary N) is 1. The third-order valence-corrected chi connectivity index (χ3v) is 4.12. The summed E-state index contributed by atoms with van der Waals surface area (Å²) in [7, 11) is -4.44. The van der Waals surface area contributed by atoms with Gasteiger partial charge in [-0.15, -0.1) is 0 Å². The van der Waals surface area contributed by atoms with E-state index in [1.54, 1.807) is 23.1 Å². The highest BCUT2D eigenvalue weighted by molar-refractivity contribution is 7.86. The van der Waals surface area contributed by atoms with Gasteiger partial charge in [0.15, 0.2) is 0 Å². The van der Waals surface area contributed by atoms with Gasteiger partial charge in [0, 0.05) is 11.6 Å². The van der Waals surface area contributed by atoms with E-state index in [-0.39, 0.29) is 10.4 Å². The molecular formula is C14H17N3O4S. The van der Waals surface area contributed by atoms with Crippen molar-refractivity contribution in [2.45, 2.75) is 4.90 Å². The molecule has 1 amide bonds. The first-order chi connectivity index (χ1) is 10.5. The lowest BCUT2D eigenvalue weighted by atomic mass is 10.2. The summed E-state index contributed by atoms with van der Waals surface area (Å²) in [6.45, 7) is 3.98. The quantitative estimate of drug-likeness (QED) is 0.573. The van der Waals surface area contributed by atoms with Gasteiger partial charge in [-0.05, 0) is 12.1 Å². The van der Waals surface area contributed by atoms with Crippen LogP contribution in [0.5, 0.6) is 0 Å². The van der Waals surface area contributed by atoms with Crippen molar-refractivity contribution in [3.63, 3.8) is 0 Å². The number of amides is 1. The first-order valence-electron chi connectivity index (χ1n) is 6.83. The van der Waals surface area contributed by atoms with E-state index in [0.717, 1.165) is 32.6 Å². The number of piperazine rings is 1. The van der Waals surface area contributed by atoms with Gasteiger partial charge in [0.1, 0.15) is 10.1 Å². The smallest absolute Gasteiger partial charge is 0.210 e. The molecule has 7 nitrogen and oxygen atoms in total. The highest BCUT2D eigenvalue weighted by atomic mass is 32.2. The lowest BCUT2D eigenvalue weighted by Gasteiger charge is -2.19. The van der Waals surface area contributed by atoms with Crippen molar-refractivity contribution < 1.29 is 23.1 Å². The summed E-state index contributed by atoms with van der Waals surface area (Å²) in [5.41, 5.74) is 0.227. The Balaban J connectivity index is 0.000000188. The molecule has 8 heteroatoms. The van der Waals surface area contributed by atoms with Gasteiger partial charge in [0.05, 0.1) is 36.6 Å². The number of rotatable bonds is 2. The Morgan fingerprint density at radius 3 is 2.45 bits per heavy atom. The van der Waals surface area contributed by atoms with Crippen molar-refractivity contribution in [2.75, 3.05) is 26.2 Å². The molecule has 2 heterocycles. The molecule has 118 valence electrons. The first-order valence-corrected chi connectivity index (χ1v) is 8.24. The SMILES string of the molecule is O=CN1CC[NH2+]CC1.O=S(=O)([O-])c1cccc2cccnc12. The zero-order valence-electron chi connectivity index (χ0n) is 11.9. The molecule has 1 aliphatic rings. The summed E-state index contributed by atoms with van der Waals surface area (Å²) in [6.07, 6.45) is 2.38. The Bertz CT molecular complexity index is 737. The Hall–Kier alpha value is -2.03. The maximum Gasteiger partial charge on any atom is 0.210 e. The zero-order chi connectivity index (χ0) is 16.0. The van der Waals surface area contributed by atoms with Gasteiger partial charge in [0.25, 0.3) is 0 Å². The van der Waals surface area contributed by atoms with Gasteiger partial charge in [-0.2, -0.15) is 0 Å². The largest absolute Gasteiger partial charge is 0.744 e. The maximum absolute atomic E-state index is 10.9. The molecule has 0 bridgehead atoms. The molecule has 0 atom stereocenters. The lowest BCUT2D eigenvalue weighted by molar-refractivity contribution is -0.661. The highest BCUT2D eigenvalue weighted by Crippen LogP contribution is 2.19. The Morgan fingerprint density at radius 2 is 1.86 bits per heavy atom. The summed E-state index contributed by atoms with van der Waals surface area (Å²) >= 11 is 0. The number of carbonyl (C=O) groups is 1. The van der Waals surface area contributed by atoms with Crippen LogP contribution in [-0.4, -0.2) is 55.4 Å². The van der Waals surface area contributed by atoms with E-state index in [1.807, 2.05) is 0 Å². The molecule has 1 aromatic heterocycles. The van der Waals surface area contributed by atoms with E-state index in [1.165, 1.54) is 18.3 Å². The minimum Gasteiger partial charge on any atom is -0.744 e. The van der Waals surface area contributed by atoms with Crippen molar-refractivity contribution >= 4 is 27.4 Å². The number of benzene rings is 1. The number of hydrogen-bond donors (Lipinski definition) is 1. The van der Waals surface area contributed by atoms with Crippen LogP contribution in [0.3, 0.4) is 0 Å². The molecule has 0 unspecified atom stereocenters. The fraction of sp³-hybridized carbons (Fsp3) is 0.286. The second-order valence-electron chi connectivity index (χ2n) is 4.79. The number of hydrogen-bond acceptors (Lipinski definition) is 5. The van der Waals surface area contributed by atoms with Crippen LogP contribution in [0.15, 0.2) is 41.4 Å². The molecule has 0 spiro atoms. The standard InChI is InChI=1S/C9H7NO3S.C5H10N2O/c11-14(12,13)8-5-1-3-7-4-2-6-10-9(7)8;8-5-7-3-1-6-2-4-7/h1-6H,(H,11,12,13);5-6H,1-4H2. The average molecular weight is 323 g/mol.